The highest BCUT2D eigenvalue weighted by atomic mass is 16.7. The van der Waals surface area contributed by atoms with Gasteiger partial charge in [-0.05, 0) is 44.9 Å². The molecule has 1 fully saturated rings. The lowest BCUT2D eigenvalue weighted by atomic mass is 9.98. The van der Waals surface area contributed by atoms with E-state index < -0.39 is 67.3 Å². The van der Waals surface area contributed by atoms with Gasteiger partial charge in [0.2, 0.25) is 0 Å². The first kappa shape index (κ1) is 65.4. The van der Waals surface area contributed by atoms with Crippen LogP contribution in [0.4, 0.5) is 0 Å². The summed E-state index contributed by atoms with van der Waals surface area (Å²) in [5.41, 5.74) is 0. The highest BCUT2D eigenvalue weighted by molar-refractivity contribution is 5.74. The largest absolute Gasteiger partial charge is 0.479 e. The molecule has 0 amide bonds. The minimum Gasteiger partial charge on any atom is -0.479 e. The molecule has 6 atom stereocenters. The lowest BCUT2D eigenvalue weighted by Gasteiger charge is -2.40. The summed E-state index contributed by atoms with van der Waals surface area (Å²) in [6.45, 7) is 5.78. The molecule has 1 rings (SSSR count). The van der Waals surface area contributed by atoms with Gasteiger partial charge in [0.1, 0.15) is 18.8 Å². The fourth-order valence-corrected chi connectivity index (χ4v) is 8.32. The Morgan fingerprint density at radius 1 is 0.479 bits per heavy atom. The summed E-state index contributed by atoms with van der Waals surface area (Å²) < 4.78 is 28.2. The lowest BCUT2D eigenvalue weighted by Crippen LogP contribution is -2.61. The average Bonchev–Trinajstić information content (AvgIpc) is 3.35. The van der Waals surface area contributed by atoms with Crippen LogP contribution in [0.5, 0.6) is 0 Å². The van der Waals surface area contributed by atoms with Crippen molar-refractivity contribution in [1.82, 2.24) is 0 Å². The number of carbonyl (C=O) groups is 4. The van der Waals surface area contributed by atoms with E-state index in [2.05, 4.69) is 63.3 Å². The molecule has 3 N–H and O–H groups in total. The Kier molecular flexibility index (Phi) is 43.7. The van der Waals surface area contributed by atoms with Gasteiger partial charge in [0.25, 0.3) is 0 Å². The molecule has 0 saturated carbocycles. The van der Waals surface area contributed by atoms with Crippen LogP contribution in [-0.2, 0) is 42.9 Å². The summed E-state index contributed by atoms with van der Waals surface area (Å²) in [5.74, 6) is -3.27. The van der Waals surface area contributed by atoms with Gasteiger partial charge in [-0.3, -0.25) is 14.4 Å². The molecular formula is C59H100O12. The van der Waals surface area contributed by atoms with E-state index in [0.717, 1.165) is 70.6 Å². The molecular weight excluding hydrogens is 901 g/mol. The molecule has 0 radical (unpaired) electrons. The molecule has 0 aromatic carbocycles. The van der Waals surface area contributed by atoms with E-state index in [1.807, 2.05) is 12.2 Å². The summed E-state index contributed by atoms with van der Waals surface area (Å²) >= 11 is 0. The van der Waals surface area contributed by atoms with Gasteiger partial charge in [0, 0.05) is 12.8 Å². The second kappa shape index (κ2) is 47.4. The van der Waals surface area contributed by atoms with Crippen LogP contribution in [0.2, 0.25) is 0 Å². The topological polar surface area (TPSA) is 175 Å². The zero-order valence-electron chi connectivity index (χ0n) is 44.7. The van der Waals surface area contributed by atoms with Crippen molar-refractivity contribution in [2.45, 2.75) is 276 Å². The third-order valence-electron chi connectivity index (χ3n) is 12.6. The van der Waals surface area contributed by atoms with Crippen LogP contribution >= 0.6 is 0 Å². The molecule has 0 spiro atoms. The Balaban J connectivity index is 2.74. The number of ether oxygens (including phenoxy) is 5. The molecule has 1 aliphatic heterocycles. The van der Waals surface area contributed by atoms with E-state index in [4.69, 9.17) is 23.7 Å². The molecule has 12 nitrogen and oxygen atoms in total. The first-order chi connectivity index (χ1) is 34.6. The number of carboxylic acid groups (broad SMARTS) is 1. The molecule has 0 aliphatic carbocycles. The van der Waals surface area contributed by atoms with E-state index >= 15 is 0 Å². The Bertz CT molecular complexity index is 1470. The van der Waals surface area contributed by atoms with Crippen LogP contribution in [-0.4, -0.2) is 89.2 Å². The fraction of sp³-hybridized carbons (Fsp3) is 0.763. The van der Waals surface area contributed by atoms with Crippen LogP contribution in [0, 0.1) is 0 Å². The Labute approximate surface area is 430 Å². The van der Waals surface area contributed by atoms with E-state index in [0.29, 0.717) is 19.3 Å². The molecule has 408 valence electrons. The minimum atomic E-state index is -1.91. The van der Waals surface area contributed by atoms with E-state index in [-0.39, 0.29) is 25.9 Å². The number of aliphatic carboxylic acids is 1. The third-order valence-corrected chi connectivity index (χ3v) is 12.6. The van der Waals surface area contributed by atoms with Gasteiger partial charge in [-0.15, -0.1) is 0 Å². The SMILES string of the molecule is CC/C=C\C/C=C\C/C=C\C/C=C\C/C=C\CC(=O)OCC(COC1OC(C(=O)O)C(O)C(O)C1OC(=O)CCCCCCCCCCCCCCCCC)OC(=O)CCCCCCCCCCCCC. The first-order valence-electron chi connectivity index (χ1n) is 28.3. The van der Waals surface area contributed by atoms with Gasteiger partial charge in [0.05, 0.1) is 13.0 Å². The van der Waals surface area contributed by atoms with Gasteiger partial charge in [-0.25, -0.2) is 4.79 Å². The summed E-state index contributed by atoms with van der Waals surface area (Å²) in [6.07, 6.45) is 45.1. The number of esters is 3. The predicted octanol–water partition coefficient (Wildman–Crippen LogP) is 14.0. The van der Waals surface area contributed by atoms with Crippen LogP contribution in [0.1, 0.15) is 239 Å². The van der Waals surface area contributed by atoms with Crippen LogP contribution in [0.25, 0.3) is 0 Å². The Hall–Kier alpha value is -3.58. The maximum Gasteiger partial charge on any atom is 0.335 e. The van der Waals surface area contributed by atoms with E-state index in [1.165, 1.54) is 109 Å². The minimum absolute atomic E-state index is 0.0126. The smallest absolute Gasteiger partial charge is 0.335 e. The Morgan fingerprint density at radius 3 is 1.30 bits per heavy atom. The van der Waals surface area contributed by atoms with Crippen molar-refractivity contribution < 1.29 is 58.2 Å². The van der Waals surface area contributed by atoms with E-state index in [9.17, 15) is 34.5 Å². The number of aliphatic hydroxyl groups excluding tert-OH is 2. The van der Waals surface area contributed by atoms with Crippen LogP contribution in [0.3, 0.4) is 0 Å². The first-order valence-corrected chi connectivity index (χ1v) is 28.3. The second-order valence-electron chi connectivity index (χ2n) is 19.2. The molecule has 0 bridgehead atoms. The van der Waals surface area contributed by atoms with Gasteiger partial charge in [-0.2, -0.15) is 0 Å². The van der Waals surface area contributed by atoms with E-state index in [1.54, 1.807) is 6.08 Å². The molecule has 1 heterocycles. The monoisotopic (exact) mass is 1000 g/mol. The highest BCUT2D eigenvalue weighted by Gasteiger charge is 2.50. The maximum absolute atomic E-state index is 13.1. The summed E-state index contributed by atoms with van der Waals surface area (Å²) in [6, 6.07) is 0. The number of aliphatic hydroxyl groups is 2. The summed E-state index contributed by atoms with van der Waals surface area (Å²) in [5, 5.41) is 31.4. The Morgan fingerprint density at radius 2 is 0.873 bits per heavy atom. The van der Waals surface area contributed by atoms with Gasteiger partial charge in [-0.1, -0.05) is 236 Å². The van der Waals surface area contributed by atoms with Gasteiger partial charge >= 0.3 is 23.9 Å². The van der Waals surface area contributed by atoms with Crippen molar-refractivity contribution in [1.29, 1.82) is 0 Å². The van der Waals surface area contributed by atoms with Gasteiger partial charge < -0.3 is 39.0 Å². The number of carbonyl (C=O) groups excluding carboxylic acids is 3. The molecule has 1 saturated heterocycles. The normalized spacial score (nSPS) is 18.9. The summed E-state index contributed by atoms with van der Waals surface area (Å²) in [7, 11) is 0. The number of hydrogen-bond donors (Lipinski definition) is 3. The number of carboxylic acids is 1. The highest BCUT2D eigenvalue weighted by Crippen LogP contribution is 2.26. The van der Waals surface area contributed by atoms with Crippen molar-refractivity contribution in [2.75, 3.05) is 13.2 Å². The average molecular weight is 1000 g/mol. The van der Waals surface area contributed by atoms with Crippen molar-refractivity contribution in [3.8, 4) is 0 Å². The number of unbranched alkanes of at least 4 members (excludes halogenated alkanes) is 24. The molecule has 0 aromatic rings. The molecule has 71 heavy (non-hydrogen) atoms. The summed E-state index contributed by atoms with van der Waals surface area (Å²) in [4.78, 5) is 50.9. The van der Waals surface area contributed by atoms with Crippen LogP contribution < -0.4 is 0 Å². The standard InChI is InChI=1S/C59H100O12/c1-4-7-10-13-16-19-22-24-26-28-31-33-36-39-42-45-51(60)67-48-50(69-52(61)46-43-40-37-34-30-21-18-15-12-9-6-3)49-68-59-57(55(64)54(63)56(71-59)58(65)66)70-53(62)47-44-41-38-35-32-29-27-25-23-20-17-14-11-8-5-2/h7,10,16,19,24,26,31,33,39,42,50,54-57,59,63-64H,4-6,8-9,11-15,17-18,20-23,25,27-30,32,34-38,40-41,43-49H2,1-3H3,(H,65,66)/b10-7-,19-16-,26-24-,33-31-,42-39-. The third kappa shape index (κ3) is 37.8. The zero-order chi connectivity index (χ0) is 51.8. The van der Waals surface area contributed by atoms with Gasteiger partial charge in [0.15, 0.2) is 24.6 Å². The maximum atomic E-state index is 13.1. The second-order valence-corrected chi connectivity index (χ2v) is 19.2. The number of allylic oxidation sites excluding steroid dienone is 9. The van der Waals surface area contributed by atoms with Crippen molar-refractivity contribution in [2.24, 2.45) is 0 Å². The molecule has 12 heteroatoms. The van der Waals surface area contributed by atoms with Crippen molar-refractivity contribution in [3.05, 3.63) is 60.8 Å². The predicted molar refractivity (Wildman–Crippen MR) is 285 cm³/mol. The van der Waals surface area contributed by atoms with Crippen molar-refractivity contribution in [3.63, 3.8) is 0 Å². The zero-order valence-corrected chi connectivity index (χ0v) is 44.7. The van der Waals surface area contributed by atoms with Crippen LogP contribution in [0.15, 0.2) is 60.8 Å². The lowest BCUT2D eigenvalue weighted by molar-refractivity contribution is -0.301. The molecule has 1 aliphatic rings. The molecule has 6 unspecified atom stereocenters. The number of rotatable bonds is 47. The van der Waals surface area contributed by atoms with Crippen molar-refractivity contribution >= 4 is 23.9 Å². The quantitative estimate of drug-likeness (QED) is 0.0228. The number of hydrogen-bond acceptors (Lipinski definition) is 11. The fourth-order valence-electron chi connectivity index (χ4n) is 8.32. The molecule has 0 aromatic heterocycles.